The topological polar surface area (TPSA) is 43.2 Å². The van der Waals surface area contributed by atoms with Crippen LogP contribution in [0, 0.1) is 0 Å². The van der Waals surface area contributed by atoms with Gasteiger partial charge in [0.05, 0.1) is 27.4 Å². The molecule has 200 valence electrons. The lowest BCUT2D eigenvalue weighted by molar-refractivity contribution is 0.670. The molecule has 43 heavy (non-hydrogen) atoms. The Balaban J connectivity index is 1.17. The predicted octanol–water partition coefficient (Wildman–Crippen LogP) is 10.9. The van der Waals surface area contributed by atoms with Crippen molar-refractivity contribution < 1.29 is 8.83 Å². The van der Waals surface area contributed by atoms with Crippen molar-refractivity contribution in [3.05, 3.63) is 133 Å². The first-order chi connectivity index (χ1) is 21.3. The molecule has 0 saturated carbocycles. The van der Waals surface area contributed by atoms with Gasteiger partial charge in [0.15, 0.2) is 5.58 Å². The molecule has 10 aromatic rings. The molecule has 6 aromatic carbocycles. The minimum atomic E-state index is 0.867. The normalized spacial score (nSPS) is 12.2. The van der Waals surface area contributed by atoms with Crippen molar-refractivity contribution in [3.8, 4) is 22.3 Å². The highest BCUT2D eigenvalue weighted by atomic mass is 16.3. The lowest BCUT2D eigenvalue weighted by Crippen LogP contribution is -1.89. The van der Waals surface area contributed by atoms with E-state index in [1.807, 2.05) is 12.1 Å². The van der Waals surface area contributed by atoms with Gasteiger partial charge in [0.25, 0.3) is 11.2 Å². The molecule has 0 aliphatic heterocycles. The smallest absolute Gasteiger partial charge is 0.277 e. The number of hydrogen-bond acceptors (Lipinski definition) is 2. The molecule has 0 aliphatic rings. The Morgan fingerprint density at radius 1 is 0.558 bits per heavy atom. The van der Waals surface area contributed by atoms with Crippen LogP contribution in [0.4, 0.5) is 0 Å². The second kappa shape index (κ2) is 8.34. The number of nitrogens with zero attached hydrogens (tertiary/aromatic N) is 2. The third kappa shape index (κ3) is 3.12. The van der Waals surface area contributed by atoms with E-state index in [1.165, 1.54) is 10.8 Å². The first-order valence-electron chi connectivity index (χ1n) is 14.5. The summed E-state index contributed by atoms with van der Waals surface area (Å²) in [6, 6.07) is 46.8. The summed E-state index contributed by atoms with van der Waals surface area (Å²) in [6.07, 6.45) is 0. The van der Waals surface area contributed by atoms with E-state index in [9.17, 15) is 0 Å². The molecule has 0 saturated heterocycles. The average Bonchev–Trinajstić information content (AvgIpc) is 3.76. The van der Waals surface area contributed by atoms with Crippen LogP contribution in [-0.2, 0) is 0 Å². The molecule has 0 fully saturated rings. The van der Waals surface area contributed by atoms with Crippen LogP contribution >= 0.6 is 0 Å². The lowest BCUT2D eigenvalue weighted by atomic mass is 9.98. The zero-order chi connectivity index (χ0) is 28.1. The molecule has 4 aromatic heterocycles. The standard InChI is InChI=1S/C39H22N2O2/c1-2-10-30-29(9-1)38-36(41-33-14-5-4-13-32(33)40-39(30)41)31-22-25(20-21-35(31)43-38)23-16-18-24(19-17-23)26-11-7-12-28-27-8-3-6-15-34(27)42-37(26)28/h1-22H/p+1. The summed E-state index contributed by atoms with van der Waals surface area (Å²) in [6.45, 7) is 0. The van der Waals surface area contributed by atoms with Crippen molar-refractivity contribution in [2.75, 3.05) is 0 Å². The van der Waals surface area contributed by atoms with E-state index in [0.717, 1.165) is 82.9 Å². The number of hydrogen-bond donors (Lipinski definition) is 0. The largest absolute Gasteiger partial charge is 0.545 e. The summed E-state index contributed by atoms with van der Waals surface area (Å²) in [5.41, 5.74) is 12.5. The quantitative estimate of drug-likeness (QED) is 0.201. The third-order valence-corrected chi connectivity index (χ3v) is 8.85. The summed E-state index contributed by atoms with van der Waals surface area (Å²) in [5, 5.41) is 5.63. The molecule has 0 amide bonds. The van der Waals surface area contributed by atoms with Crippen LogP contribution in [0.2, 0.25) is 0 Å². The van der Waals surface area contributed by atoms with Crippen LogP contribution in [0.15, 0.2) is 142 Å². The fourth-order valence-corrected chi connectivity index (χ4v) is 6.85. The SMILES string of the molecule is c1ccc2c(c1)nc1c3ccccc3c3oc4ccc(-c5ccc(-c6cccc7c6[oH+]c6ccccc67)cc5)cc4c3n21. The fraction of sp³-hybridized carbons (Fsp3) is 0. The van der Waals surface area contributed by atoms with Gasteiger partial charge in [-0.1, -0.05) is 84.9 Å². The summed E-state index contributed by atoms with van der Waals surface area (Å²) < 4.78 is 13.8. The molecule has 4 heterocycles. The maximum atomic E-state index is 6.57. The molecule has 0 aliphatic carbocycles. The molecule has 4 nitrogen and oxygen atoms in total. The molecule has 0 spiro atoms. The molecule has 0 unspecified atom stereocenters. The van der Waals surface area contributed by atoms with E-state index >= 15 is 0 Å². The number of aromatic nitrogens is 2. The Morgan fingerprint density at radius 2 is 1.28 bits per heavy atom. The van der Waals surface area contributed by atoms with E-state index in [2.05, 4.69) is 126 Å². The van der Waals surface area contributed by atoms with E-state index in [0.29, 0.717) is 0 Å². The number of pyridine rings is 1. The van der Waals surface area contributed by atoms with Crippen LogP contribution in [0.25, 0.3) is 93.7 Å². The molecule has 1 N–H and O–H groups in total. The second-order valence-corrected chi connectivity index (χ2v) is 11.2. The Hall–Kier alpha value is -5.87. The molecule has 0 atom stereocenters. The first kappa shape index (κ1) is 22.8. The van der Waals surface area contributed by atoms with Crippen LogP contribution in [0.5, 0.6) is 0 Å². The van der Waals surface area contributed by atoms with Crippen LogP contribution in [0.1, 0.15) is 0 Å². The van der Waals surface area contributed by atoms with Gasteiger partial charge < -0.3 is 8.83 Å². The zero-order valence-electron chi connectivity index (χ0n) is 23.0. The van der Waals surface area contributed by atoms with Gasteiger partial charge in [-0.05, 0) is 59.2 Å². The number of imidazole rings is 1. The molecule has 4 heteroatoms. The monoisotopic (exact) mass is 551 g/mol. The summed E-state index contributed by atoms with van der Waals surface area (Å²) >= 11 is 0. The van der Waals surface area contributed by atoms with E-state index in [1.54, 1.807) is 0 Å². The van der Waals surface area contributed by atoms with Crippen molar-refractivity contribution in [1.29, 1.82) is 0 Å². The Morgan fingerprint density at radius 3 is 2.19 bits per heavy atom. The number of para-hydroxylation sites is 4. The van der Waals surface area contributed by atoms with Crippen molar-refractivity contribution in [1.82, 2.24) is 9.38 Å². The molecule has 0 bridgehead atoms. The van der Waals surface area contributed by atoms with E-state index in [-0.39, 0.29) is 0 Å². The van der Waals surface area contributed by atoms with Gasteiger partial charge in [0, 0.05) is 22.2 Å². The molecule has 0 radical (unpaired) electrons. The Labute approximate surface area is 245 Å². The highest BCUT2D eigenvalue weighted by molar-refractivity contribution is 6.19. The Kier molecular flexibility index (Phi) is 4.42. The van der Waals surface area contributed by atoms with Gasteiger partial charge >= 0.3 is 0 Å². The summed E-state index contributed by atoms with van der Waals surface area (Å²) in [5.74, 6) is 0. The minimum absolute atomic E-state index is 0.867. The first-order valence-corrected chi connectivity index (χ1v) is 14.5. The average molecular weight is 552 g/mol. The number of fused-ring (bicyclic) bond motifs is 13. The third-order valence-electron chi connectivity index (χ3n) is 8.85. The van der Waals surface area contributed by atoms with Crippen molar-refractivity contribution in [2.45, 2.75) is 0 Å². The van der Waals surface area contributed by atoms with Gasteiger partial charge in [-0.25, -0.2) is 4.98 Å². The summed E-state index contributed by atoms with van der Waals surface area (Å²) in [7, 11) is 0. The number of benzene rings is 6. The maximum Gasteiger partial charge on any atom is 0.277 e. The minimum Gasteiger partial charge on any atom is -0.545 e. The zero-order valence-corrected chi connectivity index (χ0v) is 23.0. The van der Waals surface area contributed by atoms with Crippen LogP contribution in [-0.4, -0.2) is 9.38 Å². The number of rotatable bonds is 2. The van der Waals surface area contributed by atoms with Gasteiger partial charge in [-0.2, -0.15) is 0 Å². The maximum absolute atomic E-state index is 6.57. The van der Waals surface area contributed by atoms with Crippen molar-refractivity contribution >= 4 is 71.5 Å². The predicted molar refractivity (Wildman–Crippen MR) is 177 cm³/mol. The Bertz CT molecular complexity index is 2720. The number of furan rings is 2. The van der Waals surface area contributed by atoms with Crippen LogP contribution in [0.3, 0.4) is 0 Å². The highest BCUT2D eigenvalue weighted by Gasteiger charge is 2.20. The fourth-order valence-electron chi connectivity index (χ4n) is 6.85. The van der Waals surface area contributed by atoms with Crippen molar-refractivity contribution in [2.24, 2.45) is 0 Å². The molecular formula is C39H23N2O2+. The van der Waals surface area contributed by atoms with Crippen molar-refractivity contribution in [3.63, 3.8) is 0 Å². The van der Waals surface area contributed by atoms with Gasteiger partial charge in [-0.15, -0.1) is 0 Å². The van der Waals surface area contributed by atoms with Gasteiger partial charge in [0.2, 0.25) is 0 Å². The van der Waals surface area contributed by atoms with E-state index < -0.39 is 0 Å². The highest BCUT2D eigenvalue weighted by Crippen LogP contribution is 2.40. The summed E-state index contributed by atoms with van der Waals surface area (Å²) in [4.78, 5) is 5.05. The lowest BCUT2D eigenvalue weighted by Gasteiger charge is -2.06. The van der Waals surface area contributed by atoms with E-state index in [4.69, 9.17) is 13.8 Å². The van der Waals surface area contributed by atoms with Gasteiger partial charge in [-0.3, -0.25) is 4.40 Å². The molecule has 10 rings (SSSR count). The molecular weight excluding hydrogens is 528 g/mol. The van der Waals surface area contributed by atoms with Crippen LogP contribution < -0.4 is 0 Å². The van der Waals surface area contributed by atoms with Gasteiger partial charge in [0.1, 0.15) is 16.7 Å². The second-order valence-electron chi connectivity index (χ2n) is 11.2.